The van der Waals surface area contributed by atoms with E-state index in [1.807, 2.05) is 6.92 Å². The minimum atomic E-state index is -0.249. The molecule has 1 amide bonds. The molecule has 0 heterocycles. The maximum atomic E-state index is 12.7. The first-order valence-corrected chi connectivity index (χ1v) is 7.53. The zero-order valence-corrected chi connectivity index (χ0v) is 11.9. The van der Waals surface area contributed by atoms with Gasteiger partial charge in [-0.1, -0.05) is 19.1 Å². The number of benzene rings is 1. The lowest BCUT2D eigenvalue weighted by Crippen LogP contribution is -2.36. The van der Waals surface area contributed by atoms with Crippen LogP contribution in [0.3, 0.4) is 0 Å². The molecule has 1 rings (SSSR count). The number of aliphatic hydroxyl groups excluding tert-OH is 1. The van der Waals surface area contributed by atoms with Gasteiger partial charge < -0.3 is 10.4 Å². The Kier molecular flexibility index (Phi) is 7.52. The Labute approximate surface area is 117 Å². The molecule has 0 saturated heterocycles. The Balaban J connectivity index is 2.24. The first-order chi connectivity index (χ1) is 9.15. The molecule has 1 unspecified atom stereocenters. The molecule has 0 radical (unpaired) electrons. The van der Waals surface area contributed by atoms with Crippen molar-refractivity contribution in [3.8, 4) is 0 Å². The van der Waals surface area contributed by atoms with Gasteiger partial charge in [0.1, 0.15) is 5.82 Å². The van der Waals surface area contributed by atoms with Crippen molar-refractivity contribution < 1.29 is 14.3 Å². The highest BCUT2D eigenvalue weighted by Crippen LogP contribution is 2.12. The molecule has 0 aliphatic heterocycles. The van der Waals surface area contributed by atoms with Gasteiger partial charge in [0.15, 0.2) is 0 Å². The predicted molar refractivity (Wildman–Crippen MR) is 76.5 cm³/mol. The average molecular weight is 285 g/mol. The lowest BCUT2D eigenvalue weighted by Gasteiger charge is -2.15. The summed E-state index contributed by atoms with van der Waals surface area (Å²) in [6.45, 7) is 2.06. The number of amides is 1. The molecule has 2 N–H and O–H groups in total. The van der Waals surface area contributed by atoms with Crippen LogP contribution < -0.4 is 5.32 Å². The van der Waals surface area contributed by atoms with Crippen LogP contribution in [-0.2, 0) is 10.5 Å². The summed E-state index contributed by atoms with van der Waals surface area (Å²) in [6.07, 6.45) is 1.40. The third-order valence-electron chi connectivity index (χ3n) is 2.75. The van der Waals surface area contributed by atoms with E-state index in [-0.39, 0.29) is 24.4 Å². The molecule has 106 valence electrons. The van der Waals surface area contributed by atoms with Crippen molar-refractivity contribution in [2.24, 2.45) is 0 Å². The fraction of sp³-hybridized carbons (Fsp3) is 0.500. The number of thioether (sulfide) groups is 1. The lowest BCUT2D eigenvalue weighted by atomic mass is 10.1. The van der Waals surface area contributed by atoms with E-state index < -0.39 is 0 Å². The molecule has 0 spiro atoms. The Hall–Kier alpha value is -1.07. The molecule has 19 heavy (non-hydrogen) atoms. The maximum Gasteiger partial charge on any atom is 0.230 e. The first-order valence-electron chi connectivity index (χ1n) is 6.38. The van der Waals surface area contributed by atoms with Crippen LogP contribution in [0, 0.1) is 5.82 Å². The van der Waals surface area contributed by atoms with E-state index in [1.165, 1.54) is 23.9 Å². The fourth-order valence-corrected chi connectivity index (χ4v) is 2.44. The Morgan fingerprint density at radius 1 is 1.42 bits per heavy atom. The molecule has 5 heteroatoms. The van der Waals surface area contributed by atoms with Crippen molar-refractivity contribution in [1.29, 1.82) is 0 Å². The Morgan fingerprint density at radius 2 is 2.11 bits per heavy atom. The van der Waals surface area contributed by atoms with Gasteiger partial charge in [0.25, 0.3) is 0 Å². The number of aliphatic hydroxyl groups is 1. The quantitative estimate of drug-likeness (QED) is 0.771. The first kappa shape index (κ1) is 16.0. The Morgan fingerprint density at radius 3 is 2.68 bits per heavy atom. The number of hydrogen-bond donors (Lipinski definition) is 2. The van der Waals surface area contributed by atoms with Crippen LogP contribution >= 0.6 is 11.8 Å². The summed E-state index contributed by atoms with van der Waals surface area (Å²) in [7, 11) is 0. The second kappa shape index (κ2) is 8.93. The van der Waals surface area contributed by atoms with Crippen LogP contribution in [0.15, 0.2) is 24.3 Å². The molecule has 0 fully saturated rings. The van der Waals surface area contributed by atoms with Gasteiger partial charge in [-0.15, -0.1) is 11.8 Å². The topological polar surface area (TPSA) is 49.3 Å². The number of rotatable bonds is 8. The molecule has 0 aliphatic rings. The molecule has 0 saturated carbocycles. The maximum absolute atomic E-state index is 12.7. The normalized spacial score (nSPS) is 12.2. The van der Waals surface area contributed by atoms with Gasteiger partial charge in [-0.3, -0.25) is 4.79 Å². The minimum absolute atomic E-state index is 0.0209. The van der Waals surface area contributed by atoms with Crippen LogP contribution in [0.2, 0.25) is 0 Å². The van der Waals surface area contributed by atoms with Crippen LogP contribution in [0.4, 0.5) is 4.39 Å². The summed E-state index contributed by atoms with van der Waals surface area (Å²) < 4.78 is 12.7. The summed E-state index contributed by atoms with van der Waals surface area (Å²) in [6, 6.07) is 6.33. The highest BCUT2D eigenvalue weighted by Gasteiger charge is 2.09. The second-order valence-corrected chi connectivity index (χ2v) is 5.29. The molecule has 0 aliphatic carbocycles. The highest BCUT2D eigenvalue weighted by atomic mass is 32.2. The van der Waals surface area contributed by atoms with E-state index >= 15 is 0 Å². The van der Waals surface area contributed by atoms with Gasteiger partial charge in [0, 0.05) is 18.4 Å². The molecule has 3 nitrogen and oxygen atoms in total. The van der Waals surface area contributed by atoms with E-state index in [0.717, 1.165) is 12.0 Å². The van der Waals surface area contributed by atoms with E-state index in [2.05, 4.69) is 5.32 Å². The smallest absolute Gasteiger partial charge is 0.230 e. The van der Waals surface area contributed by atoms with Gasteiger partial charge in [0.2, 0.25) is 5.91 Å². The number of hydrogen-bond acceptors (Lipinski definition) is 3. The molecule has 1 atom stereocenters. The van der Waals surface area contributed by atoms with Crippen molar-refractivity contribution in [2.75, 3.05) is 12.4 Å². The van der Waals surface area contributed by atoms with Crippen LogP contribution in [0.25, 0.3) is 0 Å². The summed E-state index contributed by atoms with van der Waals surface area (Å²) in [5.41, 5.74) is 1.00. The molecule has 0 bridgehead atoms. The highest BCUT2D eigenvalue weighted by molar-refractivity contribution is 7.99. The predicted octanol–water partition coefficient (Wildman–Crippen LogP) is 2.34. The third kappa shape index (κ3) is 6.59. The molecular weight excluding hydrogens is 265 g/mol. The van der Waals surface area contributed by atoms with Gasteiger partial charge in [-0.2, -0.15) is 0 Å². The molecule has 1 aromatic rings. The SMILES string of the molecule is CCC(CCO)NC(=O)CSCc1ccc(F)cc1. The van der Waals surface area contributed by atoms with Crippen molar-refractivity contribution in [3.63, 3.8) is 0 Å². The van der Waals surface area contributed by atoms with Gasteiger partial charge >= 0.3 is 0 Å². The third-order valence-corrected chi connectivity index (χ3v) is 3.75. The molecule has 1 aromatic carbocycles. The van der Waals surface area contributed by atoms with Crippen molar-refractivity contribution in [2.45, 2.75) is 31.6 Å². The minimum Gasteiger partial charge on any atom is -0.396 e. The fourth-order valence-electron chi connectivity index (χ4n) is 1.65. The molecule has 0 aromatic heterocycles. The summed E-state index contributed by atoms with van der Waals surface area (Å²) >= 11 is 1.49. The Bertz CT molecular complexity index is 384. The standard InChI is InChI=1S/C14H20FNO2S/c1-2-13(7-8-17)16-14(18)10-19-9-11-3-5-12(15)6-4-11/h3-6,13,17H,2,7-10H2,1H3,(H,16,18). The van der Waals surface area contributed by atoms with E-state index in [0.29, 0.717) is 17.9 Å². The summed E-state index contributed by atoms with van der Waals surface area (Å²) in [5, 5.41) is 11.7. The van der Waals surface area contributed by atoms with Crippen molar-refractivity contribution in [3.05, 3.63) is 35.6 Å². The van der Waals surface area contributed by atoms with Crippen LogP contribution in [0.5, 0.6) is 0 Å². The van der Waals surface area contributed by atoms with Crippen molar-refractivity contribution in [1.82, 2.24) is 5.32 Å². The number of carbonyl (C=O) groups excluding carboxylic acids is 1. The zero-order chi connectivity index (χ0) is 14.1. The monoisotopic (exact) mass is 285 g/mol. The summed E-state index contributed by atoms with van der Waals surface area (Å²) in [4.78, 5) is 11.7. The second-order valence-electron chi connectivity index (χ2n) is 4.30. The van der Waals surface area contributed by atoms with Gasteiger partial charge in [0.05, 0.1) is 5.75 Å². The number of carbonyl (C=O) groups is 1. The van der Waals surface area contributed by atoms with Crippen molar-refractivity contribution >= 4 is 17.7 Å². The zero-order valence-electron chi connectivity index (χ0n) is 11.1. The molecular formula is C14H20FNO2S. The van der Waals surface area contributed by atoms with Crippen LogP contribution in [0.1, 0.15) is 25.3 Å². The van der Waals surface area contributed by atoms with Gasteiger partial charge in [-0.05, 0) is 30.5 Å². The summed E-state index contributed by atoms with van der Waals surface area (Å²) in [5.74, 6) is 0.790. The lowest BCUT2D eigenvalue weighted by molar-refractivity contribution is -0.119. The average Bonchev–Trinajstić information content (AvgIpc) is 2.40. The van der Waals surface area contributed by atoms with E-state index in [1.54, 1.807) is 12.1 Å². The van der Waals surface area contributed by atoms with E-state index in [4.69, 9.17) is 5.11 Å². The van der Waals surface area contributed by atoms with Crippen LogP contribution in [-0.4, -0.2) is 29.4 Å². The number of halogens is 1. The van der Waals surface area contributed by atoms with Gasteiger partial charge in [-0.25, -0.2) is 4.39 Å². The van der Waals surface area contributed by atoms with E-state index in [9.17, 15) is 9.18 Å². The number of nitrogens with one attached hydrogen (secondary N) is 1. The largest absolute Gasteiger partial charge is 0.396 e.